The van der Waals surface area contributed by atoms with E-state index in [1.807, 2.05) is 13.8 Å². The second-order valence-electron chi connectivity index (χ2n) is 2.10. The van der Waals surface area contributed by atoms with Crippen molar-refractivity contribution in [1.29, 1.82) is 0 Å². The van der Waals surface area contributed by atoms with Gasteiger partial charge >= 0.3 is 11.8 Å². The van der Waals surface area contributed by atoms with E-state index in [2.05, 4.69) is 24.1 Å². The van der Waals surface area contributed by atoms with Crippen LogP contribution in [0, 0.1) is 6.07 Å². The Balaban J connectivity index is 3.91. The average Bonchev–Trinajstić information content (AvgIpc) is 1.99. The molecule has 0 radical (unpaired) electrons. The molecular weight excluding hydrogens is 122 g/mol. The number of hydrogen-bond acceptors (Lipinski definition) is 0. The highest BCUT2D eigenvalue weighted by Gasteiger charge is 1.96. The molecule has 0 amide bonds. The molecule has 0 aliphatic heterocycles. The topological polar surface area (TPSA) is 4.36 Å². The summed E-state index contributed by atoms with van der Waals surface area (Å²) in [6.07, 6.45) is 1.78. The van der Waals surface area contributed by atoms with E-state index in [1.54, 1.807) is 0 Å². The predicted octanol–water partition coefficient (Wildman–Crippen LogP) is 3.21. The summed E-state index contributed by atoms with van der Waals surface area (Å²) in [4.78, 5) is 3.97. The third-order valence-electron chi connectivity index (χ3n) is 1.21. The maximum Gasteiger partial charge on any atom is 0.314 e. The highest BCUT2D eigenvalue weighted by atomic mass is 14.7. The Kier molecular flexibility index (Phi) is 4.32. The van der Waals surface area contributed by atoms with Crippen LogP contribution in [0.3, 0.4) is 0 Å². The third kappa shape index (κ3) is 3.91. The van der Waals surface area contributed by atoms with Crippen molar-refractivity contribution < 1.29 is 0 Å². The molecule has 1 heteroatoms. The first kappa shape index (κ1) is 8.97. The molecule has 0 bridgehead atoms. The van der Waals surface area contributed by atoms with E-state index in [-0.39, 0.29) is 0 Å². The van der Waals surface area contributed by atoms with Crippen molar-refractivity contribution in [3.8, 4) is 6.07 Å². The molecule has 0 aromatic carbocycles. The minimum Gasteiger partial charge on any atom is -0.0810 e. The summed E-state index contributed by atoms with van der Waals surface area (Å²) in [7, 11) is 0. The van der Waals surface area contributed by atoms with E-state index in [9.17, 15) is 0 Å². The lowest BCUT2D eigenvalue weighted by Gasteiger charge is -1.75. The minimum atomic E-state index is 0.856. The molecule has 0 saturated heterocycles. The van der Waals surface area contributed by atoms with Crippen LogP contribution in [-0.2, 0) is 0 Å². The fraction of sp³-hybridized carbons (Fsp3) is 0.444. The van der Waals surface area contributed by atoms with Crippen molar-refractivity contribution in [2.75, 3.05) is 0 Å². The molecule has 0 unspecified atom stereocenters. The van der Waals surface area contributed by atoms with Gasteiger partial charge in [0.25, 0.3) is 0 Å². The van der Waals surface area contributed by atoms with Crippen LogP contribution in [0.25, 0.3) is 4.85 Å². The molecule has 0 atom stereocenters. The highest BCUT2D eigenvalue weighted by molar-refractivity contribution is 5.25. The van der Waals surface area contributed by atoms with Gasteiger partial charge in [0.1, 0.15) is 0 Å². The van der Waals surface area contributed by atoms with E-state index < -0.39 is 0 Å². The first-order chi connectivity index (χ1) is 4.70. The van der Waals surface area contributed by atoms with Crippen molar-refractivity contribution >= 4 is 0 Å². The van der Waals surface area contributed by atoms with Crippen LogP contribution in [0.1, 0.15) is 26.7 Å². The van der Waals surface area contributed by atoms with Gasteiger partial charge in [0.05, 0.1) is 5.57 Å². The summed E-state index contributed by atoms with van der Waals surface area (Å²) in [5.74, 6) is 0. The van der Waals surface area contributed by atoms with Crippen molar-refractivity contribution in [3.05, 3.63) is 29.3 Å². The minimum absolute atomic E-state index is 0.856. The fourth-order valence-electron chi connectivity index (χ4n) is 0.316. The smallest absolute Gasteiger partial charge is 0.0810 e. The van der Waals surface area contributed by atoms with Crippen LogP contribution in [0.5, 0.6) is 0 Å². The summed E-state index contributed by atoms with van der Waals surface area (Å²) >= 11 is 0. The van der Waals surface area contributed by atoms with Crippen molar-refractivity contribution in [2.45, 2.75) is 26.7 Å². The van der Waals surface area contributed by atoms with E-state index in [1.165, 1.54) is 0 Å². The Labute approximate surface area is 62.9 Å². The Bertz CT molecular complexity index is 171. The molecule has 0 saturated carbocycles. The Morgan fingerprint density at radius 1 is 1.30 bits per heavy atom. The lowest BCUT2D eigenvalue weighted by molar-refractivity contribution is 1.15. The molecule has 0 spiro atoms. The summed E-state index contributed by atoms with van der Waals surface area (Å²) in [5.41, 5.74) is 1.78. The third-order valence-corrected chi connectivity index (χ3v) is 1.21. The molecule has 54 valence electrons. The lowest BCUT2D eigenvalue weighted by atomic mass is 10.3. The number of hydrogen-bond donors (Lipinski definition) is 0. The largest absolute Gasteiger partial charge is 0.314 e. The van der Waals surface area contributed by atoms with E-state index in [0.717, 1.165) is 24.1 Å². The van der Waals surface area contributed by atoms with Crippen molar-refractivity contribution in [3.63, 3.8) is 0 Å². The summed E-state index contributed by atoms with van der Waals surface area (Å²) in [6.45, 7) is 11.5. The number of nitrogens with zero attached hydrogens (tertiary/aromatic N) is 1. The average molecular weight is 136 g/mol. The van der Waals surface area contributed by atoms with Gasteiger partial charge in [0.2, 0.25) is 0 Å². The molecule has 0 rings (SSSR count). The molecule has 1 nitrogen and oxygen atoms in total. The normalized spacial score (nSPS) is 7.80. The summed E-state index contributed by atoms with van der Waals surface area (Å²) in [6, 6.07) is 2.81. The monoisotopic (exact) mass is 136 g/mol. The lowest BCUT2D eigenvalue weighted by Crippen LogP contribution is -1.69. The van der Waals surface area contributed by atoms with Gasteiger partial charge in [0, 0.05) is 6.42 Å². The zero-order chi connectivity index (χ0) is 7.98. The fourth-order valence-corrected chi connectivity index (χ4v) is 0.316. The van der Waals surface area contributed by atoms with Crippen LogP contribution >= 0.6 is 0 Å². The standard InChI is InChI=1S/C9H14N/c1-5-8(3)7-10-9(4)6-2/h3-6H2,1-2H3/q+1. The van der Waals surface area contributed by atoms with Gasteiger partial charge in [-0.05, 0) is 17.8 Å². The Morgan fingerprint density at radius 3 is 2.30 bits per heavy atom. The van der Waals surface area contributed by atoms with Crippen molar-refractivity contribution in [2.24, 2.45) is 0 Å². The molecule has 0 heterocycles. The first-order valence-corrected chi connectivity index (χ1v) is 3.53. The zero-order valence-electron chi connectivity index (χ0n) is 6.78. The molecular formula is C9H14N+. The molecule has 0 aliphatic carbocycles. The number of allylic oxidation sites excluding steroid dienone is 2. The molecule has 0 fully saturated rings. The van der Waals surface area contributed by atoms with E-state index >= 15 is 0 Å². The van der Waals surface area contributed by atoms with Gasteiger partial charge < -0.3 is 0 Å². The highest BCUT2D eigenvalue weighted by Crippen LogP contribution is 2.00. The quantitative estimate of drug-likeness (QED) is 0.513. The van der Waals surface area contributed by atoms with Crippen LogP contribution in [-0.4, -0.2) is 0 Å². The van der Waals surface area contributed by atoms with Gasteiger partial charge in [0.15, 0.2) is 0 Å². The van der Waals surface area contributed by atoms with Crippen LogP contribution in [0.2, 0.25) is 0 Å². The summed E-state index contributed by atoms with van der Waals surface area (Å²) in [5, 5.41) is 0. The second kappa shape index (κ2) is 4.81. The second-order valence-corrected chi connectivity index (χ2v) is 2.10. The number of rotatable bonds is 2. The van der Waals surface area contributed by atoms with Crippen LogP contribution in [0.4, 0.5) is 0 Å². The molecule has 0 aromatic heterocycles. The Morgan fingerprint density at radius 2 is 1.90 bits per heavy atom. The zero-order valence-corrected chi connectivity index (χ0v) is 6.78. The molecule has 0 N–H and O–H groups in total. The first-order valence-electron chi connectivity index (χ1n) is 3.53. The van der Waals surface area contributed by atoms with Gasteiger partial charge in [-0.1, -0.05) is 20.4 Å². The van der Waals surface area contributed by atoms with Crippen LogP contribution in [0.15, 0.2) is 24.4 Å². The van der Waals surface area contributed by atoms with Gasteiger partial charge in [-0.15, -0.1) is 0 Å². The maximum absolute atomic E-state index is 3.97. The van der Waals surface area contributed by atoms with E-state index in [0.29, 0.717) is 0 Å². The predicted molar refractivity (Wildman–Crippen MR) is 46.1 cm³/mol. The van der Waals surface area contributed by atoms with E-state index in [4.69, 9.17) is 0 Å². The van der Waals surface area contributed by atoms with Crippen LogP contribution < -0.4 is 0 Å². The van der Waals surface area contributed by atoms with Gasteiger partial charge in [-0.2, -0.15) is 0 Å². The van der Waals surface area contributed by atoms with Gasteiger partial charge in [-0.3, -0.25) is 0 Å². The Hall–Kier alpha value is -1.03. The SMILES string of the molecule is C=C(C#[N+]C(=C)CC)CC. The molecule has 10 heavy (non-hydrogen) atoms. The van der Waals surface area contributed by atoms with Gasteiger partial charge in [-0.25, -0.2) is 0 Å². The maximum atomic E-state index is 3.97. The summed E-state index contributed by atoms with van der Waals surface area (Å²) < 4.78 is 0. The molecule has 0 aromatic rings. The van der Waals surface area contributed by atoms with Crippen molar-refractivity contribution in [1.82, 2.24) is 0 Å². The molecule has 0 aliphatic rings.